The van der Waals surface area contributed by atoms with Gasteiger partial charge in [-0.15, -0.1) is 0 Å². The van der Waals surface area contributed by atoms with Gasteiger partial charge < -0.3 is 10.8 Å². The van der Waals surface area contributed by atoms with Crippen molar-refractivity contribution in [3.63, 3.8) is 0 Å². The summed E-state index contributed by atoms with van der Waals surface area (Å²) in [5.41, 5.74) is 6.69. The molecular formula is C14H17F2N3O. The van der Waals surface area contributed by atoms with Crippen LogP contribution in [0.25, 0.3) is 11.3 Å². The number of anilines is 1. The lowest BCUT2D eigenvalue weighted by atomic mass is 9.95. The van der Waals surface area contributed by atoms with Crippen molar-refractivity contribution in [2.45, 2.75) is 26.2 Å². The molecule has 0 saturated carbocycles. The summed E-state index contributed by atoms with van der Waals surface area (Å²) < 4.78 is 27.5. The Balaban J connectivity index is 2.67. The monoisotopic (exact) mass is 281 g/mol. The van der Waals surface area contributed by atoms with Crippen LogP contribution in [0.4, 0.5) is 14.6 Å². The van der Waals surface area contributed by atoms with E-state index >= 15 is 0 Å². The van der Waals surface area contributed by atoms with Crippen LogP contribution in [0.15, 0.2) is 18.2 Å². The molecule has 0 atom stereocenters. The topological polar surface area (TPSA) is 64.1 Å². The third kappa shape index (κ3) is 2.45. The van der Waals surface area contributed by atoms with Crippen LogP contribution in [0, 0.1) is 0 Å². The molecule has 0 saturated heterocycles. The summed E-state index contributed by atoms with van der Waals surface area (Å²) in [6.07, 6.45) is -2.74. The highest BCUT2D eigenvalue weighted by Crippen LogP contribution is 2.39. The highest BCUT2D eigenvalue weighted by Gasteiger charge is 2.21. The van der Waals surface area contributed by atoms with Crippen molar-refractivity contribution in [3.8, 4) is 17.0 Å². The smallest absolute Gasteiger partial charge is 0.267 e. The van der Waals surface area contributed by atoms with Gasteiger partial charge in [-0.05, 0) is 23.6 Å². The van der Waals surface area contributed by atoms with Gasteiger partial charge in [0.05, 0.1) is 11.3 Å². The lowest BCUT2D eigenvalue weighted by Crippen LogP contribution is -1.97. The molecule has 0 aliphatic carbocycles. The molecule has 4 nitrogen and oxygen atoms in total. The van der Waals surface area contributed by atoms with E-state index in [-0.39, 0.29) is 17.0 Å². The number of rotatable bonds is 3. The van der Waals surface area contributed by atoms with Crippen molar-refractivity contribution >= 4 is 5.82 Å². The molecule has 0 spiro atoms. The summed E-state index contributed by atoms with van der Waals surface area (Å²) in [7, 11) is 1.65. The fourth-order valence-corrected chi connectivity index (χ4v) is 1.99. The van der Waals surface area contributed by atoms with Crippen LogP contribution in [0.1, 0.15) is 37.3 Å². The number of alkyl halides is 2. The van der Waals surface area contributed by atoms with Crippen LogP contribution in [-0.2, 0) is 7.05 Å². The van der Waals surface area contributed by atoms with Gasteiger partial charge in [0.15, 0.2) is 0 Å². The number of aromatic hydroxyl groups is 1. The fourth-order valence-electron chi connectivity index (χ4n) is 1.99. The fraction of sp³-hybridized carbons (Fsp3) is 0.357. The Morgan fingerprint density at radius 3 is 2.35 bits per heavy atom. The van der Waals surface area contributed by atoms with Crippen molar-refractivity contribution in [1.29, 1.82) is 0 Å². The first-order valence-electron chi connectivity index (χ1n) is 6.26. The van der Waals surface area contributed by atoms with Gasteiger partial charge in [0, 0.05) is 18.7 Å². The van der Waals surface area contributed by atoms with Crippen molar-refractivity contribution in [2.75, 3.05) is 5.73 Å². The van der Waals surface area contributed by atoms with Gasteiger partial charge in [-0.1, -0.05) is 13.8 Å². The van der Waals surface area contributed by atoms with E-state index in [2.05, 4.69) is 5.10 Å². The Morgan fingerprint density at radius 1 is 1.25 bits per heavy atom. The minimum atomic E-state index is -2.74. The standard InChI is InChI=1S/C14H17F2N3O/c1-7(2)8-4-9(11-6-12(17)19(3)18-11)13(20)10(5-8)14(15)16/h4-7,14,20H,17H2,1-3H3. The number of benzene rings is 1. The zero-order valence-corrected chi connectivity index (χ0v) is 11.6. The first-order valence-corrected chi connectivity index (χ1v) is 6.26. The summed E-state index contributed by atoms with van der Waals surface area (Å²) in [4.78, 5) is 0. The molecule has 1 heterocycles. The van der Waals surface area contributed by atoms with Gasteiger partial charge in [-0.2, -0.15) is 5.10 Å². The number of hydrogen-bond donors (Lipinski definition) is 2. The minimum Gasteiger partial charge on any atom is -0.507 e. The third-order valence-electron chi connectivity index (χ3n) is 3.26. The number of aromatic nitrogens is 2. The maximum Gasteiger partial charge on any atom is 0.267 e. The largest absolute Gasteiger partial charge is 0.507 e. The van der Waals surface area contributed by atoms with Gasteiger partial charge in [0.2, 0.25) is 0 Å². The van der Waals surface area contributed by atoms with Crippen molar-refractivity contribution in [1.82, 2.24) is 9.78 Å². The Kier molecular flexibility index (Phi) is 3.65. The number of phenols is 1. The van der Waals surface area contributed by atoms with E-state index in [1.165, 1.54) is 10.7 Å². The highest BCUT2D eigenvalue weighted by atomic mass is 19.3. The number of nitrogens with zero attached hydrogens (tertiary/aromatic N) is 2. The van der Waals surface area contributed by atoms with Crippen LogP contribution >= 0.6 is 0 Å². The van der Waals surface area contributed by atoms with Crippen LogP contribution in [0.5, 0.6) is 5.75 Å². The van der Waals surface area contributed by atoms with Gasteiger partial charge >= 0.3 is 0 Å². The molecule has 20 heavy (non-hydrogen) atoms. The van der Waals surface area contributed by atoms with E-state index in [9.17, 15) is 13.9 Å². The molecule has 1 aromatic heterocycles. The van der Waals surface area contributed by atoms with Gasteiger partial charge in [-0.25, -0.2) is 8.78 Å². The maximum absolute atomic E-state index is 13.0. The Bertz CT molecular complexity index is 616. The van der Waals surface area contributed by atoms with Crippen LogP contribution in [0.3, 0.4) is 0 Å². The van der Waals surface area contributed by atoms with Crippen LogP contribution < -0.4 is 5.73 Å². The van der Waals surface area contributed by atoms with Crippen LogP contribution in [0.2, 0.25) is 0 Å². The second-order valence-electron chi connectivity index (χ2n) is 5.04. The van der Waals surface area contributed by atoms with E-state index < -0.39 is 12.2 Å². The first kappa shape index (κ1) is 14.3. The number of halogens is 2. The average molecular weight is 281 g/mol. The molecule has 0 bridgehead atoms. The molecule has 0 unspecified atom stereocenters. The van der Waals surface area contributed by atoms with Gasteiger partial charge in [0.25, 0.3) is 6.43 Å². The van der Waals surface area contributed by atoms with Crippen molar-refractivity contribution in [3.05, 3.63) is 29.3 Å². The Morgan fingerprint density at radius 2 is 1.90 bits per heavy atom. The third-order valence-corrected chi connectivity index (χ3v) is 3.26. The number of aryl methyl sites for hydroxylation is 1. The molecule has 0 aliphatic rings. The van der Waals surface area contributed by atoms with Crippen molar-refractivity contribution in [2.24, 2.45) is 7.05 Å². The van der Waals surface area contributed by atoms with Gasteiger partial charge in [-0.3, -0.25) is 4.68 Å². The zero-order chi connectivity index (χ0) is 15.0. The molecule has 2 aromatic rings. The molecular weight excluding hydrogens is 264 g/mol. The number of hydrogen-bond acceptors (Lipinski definition) is 3. The molecule has 0 amide bonds. The van der Waals surface area contributed by atoms with Crippen molar-refractivity contribution < 1.29 is 13.9 Å². The van der Waals surface area contributed by atoms with Crippen LogP contribution in [-0.4, -0.2) is 14.9 Å². The minimum absolute atomic E-state index is 0.0629. The predicted molar refractivity (Wildman–Crippen MR) is 73.8 cm³/mol. The lowest BCUT2D eigenvalue weighted by molar-refractivity contribution is 0.147. The lowest BCUT2D eigenvalue weighted by Gasteiger charge is -2.13. The quantitative estimate of drug-likeness (QED) is 0.905. The SMILES string of the molecule is CC(C)c1cc(-c2cc(N)n(C)n2)c(O)c(C(F)F)c1. The number of nitrogens with two attached hydrogens (primary N) is 1. The Hall–Kier alpha value is -2.11. The first-order chi connectivity index (χ1) is 9.31. The highest BCUT2D eigenvalue weighted by molar-refractivity contribution is 5.72. The molecule has 108 valence electrons. The average Bonchev–Trinajstić information content (AvgIpc) is 2.69. The molecule has 1 aromatic carbocycles. The molecule has 2 rings (SSSR count). The van der Waals surface area contributed by atoms with E-state index in [4.69, 9.17) is 5.73 Å². The summed E-state index contributed by atoms with van der Waals surface area (Å²) in [5.74, 6) is 0.0170. The summed E-state index contributed by atoms with van der Waals surface area (Å²) >= 11 is 0. The summed E-state index contributed by atoms with van der Waals surface area (Å²) in [6.45, 7) is 3.80. The molecule has 6 heteroatoms. The normalized spacial score (nSPS) is 11.6. The molecule has 0 fully saturated rings. The summed E-state index contributed by atoms with van der Waals surface area (Å²) in [6, 6.07) is 4.56. The molecule has 3 N–H and O–H groups in total. The van der Waals surface area contributed by atoms with E-state index in [0.29, 0.717) is 11.5 Å². The second-order valence-corrected chi connectivity index (χ2v) is 5.04. The zero-order valence-electron chi connectivity index (χ0n) is 11.6. The Labute approximate surface area is 115 Å². The number of nitrogen functional groups attached to an aromatic ring is 1. The molecule has 0 aliphatic heterocycles. The predicted octanol–water partition coefficient (Wildman–Crippen LogP) is 3.44. The number of phenolic OH excluding ortho intramolecular Hbond substituents is 1. The van der Waals surface area contributed by atoms with Gasteiger partial charge in [0.1, 0.15) is 11.6 Å². The van der Waals surface area contributed by atoms with E-state index in [1.807, 2.05) is 13.8 Å². The summed E-state index contributed by atoms with van der Waals surface area (Å²) in [5, 5.41) is 14.2. The van der Waals surface area contributed by atoms with E-state index in [1.54, 1.807) is 19.2 Å². The second kappa shape index (κ2) is 5.11. The molecule has 0 radical (unpaired) electrons. The van der Waals surface area contributed by atoms with E-state index in [0.717, 1.165) is 5.56 Å². The maximum atomic E-state index is 13.0.